The van der Waals surface area contributed by atoms with Crippen molar-refractivity contribution >= 4 is 15.9 Å². The molecule has 5 nitrogen and oxygen atoms in total. The predicted molar refractivity (Wildman–Crippen MR) is 84.0 cm³/mol. The van der Waals surface area contributed by atoms with Gasteiger partial charge in [-0.1, -0.05) is 31.4 Å². The molecule has 2 N–H and O–H groups in total. The lowest BCUT2D eigenvalue weighted by atomic mass is 9.96. The Bertz CT molecular complexity index is 634. The van der Waals surface area contributed by atoms with Gasteiger partial charge in [0.05, 0.1) is 4.90 Å². The molecule has 0 spiro atoms. The first-order valence-electron chi connectivity index (χ1n) is 7.93. The van der Waals surface area contributed by atoms with Crippen LogP contribution >= 0.6 is 0 Å². The van der Waals surface area contributed by atoms with Crippen molar-refractivity contribution in [3.63, 3.8) is 0 Å². The minimum atomic E-state index is -3.44. The summed E-state index contributed by atoms with van der Waals surface area (Å²) >= 11 is 0. The van der Waals surface area contributed by atoms with Crippen molar-refractivity contribution < 1.29 is 13.2 Å². The molecule has 6 heteroatoms. The Morgan fingerprint density at radius 1 is 1.05 bits per heavy atom. The maximum absolute atomic E-state index is 12.4. The quantitative estimate of drug-likeness (QED) is 0.889. The van der Waals surface area contributed by atoms with Crippen LogP contribution in [0.3, 0.4) is 0 Å². The minimum Gasteiger partial charge on any atom is -0.355 e. The van der Waals surface area contributed by atoms with Crippen molar-refractivity contribution in [2.24, 2.45) is 0 Å². The highest BCUT2D eigenvalue weighted by atomic mass is 32.2. The molecule has 2 aliphatic rings. The third-order valence-electron chi connectivity index (χ3n) is 4.57. The van der Waals surface area contributed by atoms with E-state index >= 15 is 0 Å². The van der Waals surface area contributed by atoms with E-state index in [1.807, 2.05) is 12.1 Å². The molecule has 120 valence electrons. The van der Waals surface area contributed by atoms with Crippen LogP contribution in [0.5, 0.6) is 0 Å². The van der Waals surface area contributed by atoms with E-state index < -0.39 is 10.0 Å². The molecule has 22 heavy (non-hydrogen) atoms. The van der Waals surface area contributed by atoms with Gasteiger partial charge in [-0.25, -0.2) is 13.1 Å². The fourth-order valence-electron chi connectivity index (χ4n) is 3.27. The molecule has 1 saturated heterocycles. The minimum absolute atomic E-state index is 0.0562. The molecule has 1 saturated carbocycles. The van der Waals surface area contributed by atoms with Crippen LogP contribution in [-0.2, 0) is 14.8 Å². The normalized spacial score (nSPS) is 23.5. The van der Waals surface area contributed by atoms with E-state index in [-0.39, 0.29) is 17.9 Å². The molecule has 0 aromatic heterocycles. The fraction of sp³-hybridized carbons (Fsp3) is 0.562. The molecule has 3 rings (SSSR count). The second-order valence-electron chi connectivity index (χ2n) is 6.23. The number of amides is 1. The molecule has 1 aliphatic carbocycles. The summed E-state index contributed by atoms with van der Waals surface area (Å²) in [4.78, 5) is 11.6. The molecule has 1 aromatic carbocycles. The van der Waals surface area contributed by atoms with Gasteiger partial charge in [0, 0.05) is 24.9 Å². The van der Waals surface area contributed by atoms with Gasteiger partial charge in [-0.3, -0.25) is 4.79 Å². The highest BCUT2D eigenvalue weighted by Crippen LogP contribution is 2.25. The molecule has 2 fully saturated rings. The zero-order valence-corrected chi connectivity index (χ0v) is 13.4. The van der Waals surface area contributed by atoms with Gasteiger partial charge in [-0.2, -0.15) is 0 Å². The summed E-state index contributed by atoms with van der Waals surface area (Å²) in [5.41, 5.74) is 1.01. The van der Waals surface area contributed by atoms with Crippen molar-refractivity contribution in [2.75, 3.05) is 6.54 Å². The topological polar surface area (TPSA) is 75.3 Å². The van der Waals surface area contributed by atoms with E-state index in [0.29, 0.717) is 17.9 Å². The Labute approximate surface area is 131 Å². The lowest BCUT2D eigenvalue weighted by Gasteiger charge is -2.22. The average molecular weight is 322 g/mol. The monoisotopic (exact) mass is 322 g/mol. The van der Waals surface area contributed by atoms with Crippen molar-refractivity contribution in [1.82, 2.24) is 10.0 Å². The first-order chi connectivity index (χ1) is 10.5. The Hall–Kier alpha value is -1.40. The second kappa shape index (κ2) is 6.38. The number of carbonyl (C=O) groups excluding carboxylic acids is 1. The third-order valence-corrected chi connectivity index (χ3v) is 6.10. The van der Waals surface area contributed by atoms with Crippen LogP contribution in [0, 0.1) is 0 Å². The first-order valence-corrected chi connectivity index (χ1v) is 9.42. The summed E-state index contributed by atoms with van der Waals surface area (Å²) in [6.45, 7) is 0.630. The van der Waals surface area contributed by atoms with Gasteiger partial charge in [0.25, 0.3) is 0 Å². The number of nitrogens with one attached hydrogen (secondary N) is 2. The zero-order valence-electron chi connectivity index (χ0n) is 12.5. The average Bonchev–Trinajstić information content (AvgIpc) is 2.95. The van der Waals surface area contributed by atoms with E-state index in [0.717, 1.165) is 31.2 Å². The Balaban J connectivity index is 1.69. The van der Waals surface area contributed by atoms with Crippen LogP contribution < -0.4 is 10.0 Å². The second-order valence-corrected chi connectivity index (χ2v) is 7.94. The molecule has 0 unspecified atom stereocenters. The molecule has 0 radical (unpaired) electrons. The van der Waals surface area contributed by atoms with Crippen molar-refractivity contribution in [3.05, 3.63) is 29.8 Å². The summed E-state index contributed by atoms with van der Waals surface area (Å²) in [7, 11) is -3.44. The summed E-state index contributed by atoms with van der Waals surface area (Å²) in [6, 6.07) is 6.99. The highest BCUT2D eigenvalue weighted by Gasteiger charge is 2.25. The van der Waals surface area contributed by atoms with Gasteiger partial charge < -0.3 is 5.32 Å². The molecule has 0 bridgehead atoms. The summed E-state index contributed by atoms with van der Waals surface area (Å²) in [5.74, 6) is 0.205. The summed E-state index contributed by atoms with van der Waals surface area (Å²) < 4.78 is 27.6. The van der Waals surface area contributed by atoms with Crippen LogP contribution in [0.2, 0.25) is 0 Å². The molecule has 1 atom stereocenters. The standard InChI is InChI=1S/C16H22N2O3S/c19-16-10-13(11-17-16)12-6-8-15(9-7-12)22(20,21)18-14-4-2-1-3-5-14/h6-9,13-14,18H,1-5,10-11H2,(H,17,19)/t13-/m0/s1. The summed E-state index contributed by atoms with van der Waals surface area (Å²) in [5, 5.41) is 2.80. The number of benzene rings is 1. The molecule has 1 amide bonds. The fourth-order valence-corrected chi connectivity index (χ4v) is 4.57. The van der Waals surface area contributed by atoms with Gasteiger partial charge in [-0.05, 0) is 30.5 Å². The number of sulfonamides is 1. The van der Waals surface area contributed by atoms with Crippen LogP contribution in [0.15, 0.2) is 29.2 Å². The molecule has 1 aromatic rings. The van der Waals surface area contributed by atoms with Crippen LogP contribution in [0.1, 0.15) is 50.0 Å². The molecule has 1 heterocycles. The third kappa shape index (κ3) is 3.50. The van der Waals surface area contributed by atoms with E-state index in [2.05, 4.69) is 10.0 Å². The Kier molecular flexibility index (Phi) is 4.49. The van der Waals surface area contributed by atoms with Crippen LogP contribution in [-0.4, -0.2) is 26.9 Å². The number of carbonyl (C=O) groups is 1. The van der Waals surface area contributed by atoms with E-state index in [1.165, 1.54) is 6.42 Å². The Morgan fingerprint density at radius 2 is 1.73 bits per heavy atom. The van der Waals surface area contributed by atoms with Gasteiger partial charge in [0.2, 0.25) is 15.9 Å². The summed E-state index contributed by atoms with van der Waals surface area (Å²) in [6.07, 6.45) is 5.71. The molecule has 1 aliphatic heterocycles. The lowest BCUT2D eigenvalue weighted by Crippen LogP contribution is -2.36. The van der Waals surface area contributed by atoms with Gasteiger partial charge in [0.1, 0.15) is 0 Å². The van der Waals surface area contributed by atoms with Crippen molar-refractivity contribution in [1.29, 1.82) is 0 Å². The first kappa shape index (κ1) is 15.5. The highest BCUT2D eigenvalue weighted by molar-refractivity contribution is 7.89. The van der Waals surface area contributed by atoms with E-state index in [9.17, 15) is 13.2 Å². The van der Waals surface area contributed by atoms with Crippen molar-refractivity contribution in [3.8, 4) is 0 Å². The SMILES string of the molecule is O=C1C[C@H](c2ccc(S(=O)(=O)NC3CCCCC3)cc2)CN1. The van der Waals surface area contributed by atoms with Gasteiger partial charge >= 0.3 is 0 Å². The number of hydrogen-bond acceptors (Lipinski definition) is 3. The lowest BCUT2D eigenvalue weighted by molar-refractivity contribution is -0.119. The Morgan fingerprint density at radius 3 is 2.32 bits per heavy atom. The molecular formula is C16H22N2O3S. The largest absolute Gasteiger partial charge is 0.355 e. The zero-order chi connectivity index (χ0) is 15.6. The molecular weight excluding hydrogens is 300 g/mol. The predicted octanol–water partition coefficient (Wildman–Crippen LogP) is 1.90. The van der Waals surface area contributed by atoms with Gasteiger partial charge in [-0.15, -0.1) is 0 Å². The smallest absolute Gasteiger partial charge is 0.240 e. The van der Waals surface area contributed by atoms with Crippen LogP contribution in [0.4, 0.5) is 0 Å². The number of rotatable bonds is 4. The van der Waals surface area contributed by atoms with E-state index in [1.54, 1.807) is 12.1 Å². The van der Waals surface area contributed by atoms with Gasteiger partial charge in [0.15, 0.2) is 0 Å². The number of hydrogen-bond donors (Lipinski definition) is 2. The maximum atomic E-state index is 12.4. The van der Waals surface area contributed by atoms with Crippen LogP contribution in [0.25, 0.3) is 0 Å². The van der Waals surface area contributed by atoms with E-state index in [4.69, 9.17) is 0 Å². The van der Waals surface area contributed by atoms with Crippen molar-refractivity contribution in [2.45, 2.75) is 55.4 Å². The maximum Gasteiger partial charge on any atom is 0.240 e.